The van der Waals surface area contributed by atoms with Crippen molar-refractivity contribution in [2.24, 2.45) is 0 Å². The molecule has 0 unspecified atom stereocenters. The molecule has 0 atom stereocenters. The van der Waals surface area contributed by atoms with Crippen molar-refractivity contribution >= 4 is 13.3 Å². The van der Waals surface area contributed by atoms with Crippen molar-refractivity contribution in [2.75, 3.05) is 0 Å². The summed E-state index contributed by atoms with van der Waals surface area (Å²) >= 11 is 0. The molecule has 3 N–H and O–H groups in total. The lowest BCUT2D eigenvalue weighted by molar-refractivity contribution is 0.368. The number of phenolic OH excluding ortho intramolecular Hbond substituents is 3. The second kappa shape index (κ2) is 4.05. The fraction of sp³-hybridized carbons (Fsp3) is 0.0769. The summed E-state index contributed by atoms with van der Waals surface area (Å²) in [5.74, 6) is -1.43. The van der Waals surface area contributed by atoms with Crippen molar-refractivity contribution in [3.8, 4) is 28.4 Å². The summed E-state index contributed by atoms with van der Waals surface area (Å²) < 4.78 is 0. The van der Waals surface area contributed by atoms with Crippen LogP contribution >= 0.6 is 0 Å². The molecule has 4 heteroatoms. The molecule has 0 heterocycles. The van der Waals surface area contributed by atoms with Crippen LogP contribution in [0.2, 0.25) is 0 Å². The van der Waals surface area contributed by atoms with Gasteiger partial charge in [-0.2, -0.15) is 0 Å². The number of benzene rings is 2. The third-order valence-electron chi connectivity index (χ3n) is 2.77. The highest BCUT2D eigenvalue weighted by molar-refractivity contribution is 6.38. The Morgan fingerprint density at radius 3 is 2.06 bits per heavy atom. The molecule has 0 amide bonds. The number of rotatable bonds is 1. The standard InChI is InChI=1S/C13H11BO3/c1-7-9(8-5-3-2-4-6-8)10(14)12(16)13(17)11(7)15/h2-6,15-17H,1H3. The van der Waals surface area contributed by atoms with Gasteiger partial charge in [0.1, 0.15) is 7.85 Å². The maximum Gasteiger partial charge on any atom is 0.199 e. The molecule has 0 aliphatic carbocycles. The average molecular weight is 226 g/mol. The SMILES string of the molecule is [B]c1c(O)c(O)c(O)c(C)c1-c1ccccc1. The van der Waals surface area contributed by atoms with Crippen molar-refractivity contribution < 1.29 is 15.3 Å². The van der Waals surface area contributed by atoms with E-state index in [4.69, 9.17) is 7.85 Å². The predicted molar refractivity (Wildman–Crippen MR) is 67.0 cm³/mol. The molecule has 0 saturated carbocycles. The van der Waals surface area contributed by atoms with Crippen LogP contribution in [0.5, 0.6) is 17.2 Å². The van der Waals surface area contributed by atoms with Gasteiger partial charge in [-0.15, -0.1) is 0 Å². The highest BCUT2D eigenvalue weighted by Gasteiger charge is 2.18. The Labute approximate surface area is 100 Å². The lowest BCUT2D eigenvalue weighted by Gasteiger charge is -2.15. The fourth-order valence-electron chi connectivity index (χ4n) is 1.83. The van der Waals surface area contributed by atoms with Crippen LogP contribution in [-0.4, -0.2) is 23.2 Å². The predicted octanol–water partition coefficient (Wildman–Crippen LogP) is 1.57. The molecule has 0 fully saturated rings. The topological polar surface area (TPSA) is 60.7 Å². The Balaban J connectivity index is 2.80. The van der Waals surface area contributed by atoms with Crippen molar-refractivity contribution in [3.05, 3.63) is 35.9 Å². The number of aromatic hydroxyl groups is 3. The molecule has 0 spiro atoms. The highest BCUT2D eigenvalue weighted by atomic mass is 16.3. The van der Waals surface area contributed by atoms with E-state index >= 15 is 0 Å². The summed E-state index contributed by atoms with van der Waals surface area (Å²) in [4.78, 5) is 0. The van der Waals surface area contributed by atoms with Crippen molar-refractivity contribution in [3.63, 3.8) is 0 Å². The molecule has 17 heavy (non-hydrogen) atoms. The van der Waals surface area contributed by atoms with Gasteiger partial charge in [-0.3, -0.25) is 0 Å². The molecular formula is C13H11BO3. The van der Waals surface area contributed by atoms with Gasteiger partial charge in [0.15, 0.2) is 17.2 Å². The van der Waals surface area contributed by atoms with E-state index in [0.717, 1.165) is 5.56 Å². The smallest absolute Gasteiger partial charge is 0.199 e. The van der Waals surface area contributed by atoms with Crippen LogP contribution in [0.3, 0.4) is 0 Å². The summed E-state index contributed by atoms with van der Waals surface area (Å²) in [7, 11) is 5.76. The summed E-state index contributed by atoms with van der Waals surface area (Å²) in [6.45, 7) is 1.63. The summed E-state index contributed by atoms with van der Waals surface area (Å²) in [5.41, 5.74) is 1.79. The quantitative estimate of drug-likeness (QED) is 0.511. The van der Waals surface area contributed by atoms with Crippen LogP contribution in [0.4, 0.5) is 0 Å². The minimum atomic E-state index is -0.584. The van der Waals surface area contributed by atoms with Gasteiger partial charge in [0, 0.05) is 5.56 Å². The van der Waals surface area contributed by atoms with Crippen LogP contribution in [0.15, 0.2) is 30.3 Å². The summed E-state index contributed by atoms with van der Waals surface area (Å²) in [5, 5.41) is 28.8. The summed E-state index contributed by atoms with van der Waals surface area (Å²) in [6, 6.07) is 9.14. The van der Waals surface area contributed by atoms with Crippen molar-refractivity contribution in [1.29, 1.82) is 0 Å². The van der Waals surface area contributed by atoms with E-state index in [1.54, 1.807) is 6.92 Å². The van der Waals surface area contributed by atoms with Gasteiger partial charge in [-0.05, 0) is 23.5 Å². The zero-order chi connectivity index (χ0) is 12.6. The molecule has 2 aromatic carbocycles. The molecule has 0 aliphatic rings. The van der Waals surface area contributed by atoms with Crippen LogP contribution in [0.1, 0.15) is 5.56 Å². The molecule has 2 aromatic rings. The first-order valence-electron chi connectivity index (χ1n) is 5.12. The fourth-order valence-corrected chi connectivity index (χ4v) is 1.83. The minimum Gasteiger partial charge on any atom is -0.505 e. The molecule has 2 radical (unpaired) electrons. The van der Waals surface area contributed by atoms with Crippen molar-refractivity contribution in [2.45, 2.75) is 6.92 Å². The second-order valence-corrected chi connectivity index (χ2v) is 3.83. The van der Waals surface area contributed by atoms with E-state index in [-0.39, 0.29) is 11.2 Å². The first-order valence-corrected chi connectivity index (χ1v) is 5.12. The number of hydrogen-bond donors (Lipinski definition) is 3. The molecule has 84 valence electrons. The second-order valence-electron chi connectivity index (χ2n) is 3.83. The van der Waals surface area contributed by atoms with Crippen LogP contribution in [0, 0.1) is 6.92 Å². The van der Waals surface area contributed by atoms with E-state index in [0.29, 0.717) is 11.1 Å². The average Bonchev–Trinajstić information content (AvgIpc) is 2.36. The number of hydrogen-bond acceptors (Lipinski definition) is 3. The summed E-state index contributed by atoms with van der Waals surface area (Å²) in [6.07, 6.45) is 0. The Bertz CT molecular complexity index is 536. The van der Waals surface area contributed by atoms with Crippen molar-refractivity contribution in [1.82, 2.24) is 0 Å². The maximum absolute atomic E-state index is 9.69. The zero-order valence-corrected chi connectivity index (χ0v) is 9.31. The molecule has 3 nitrogen and oxygen atoms in total. The van der Waals surface area contributed by atoms with Gasteiger partial charge in [-0.1, -0.05) is 30.3 Å². The van der Waals surface area contributed by atoms with E-state index < -0.39 is 11.5 Å². The van der Waals surface area contributed by atoms with Gasteiger partial charge in [0.2, 0.25) is 0 Å². The van der Waals surface area contributed by atoms with E-state index in [1.165, 1.54) is 0 Å². The lowest BCUT2D eigenvalue weighted by atomic mass is 9.83. The van der Waals surface area contributed by atoms with E-state index in [9.17, 15) is 15.3 Å². The Hall–Kier alpha value is -2.10. The first kappa shape index (κ1) is 11.4. The van der Waals surface area contributed by atoms with Gasteiger partial charge < -0.3 is 15.3 Å². The molecule has 0 bridgehead atoms. The van der Waals surface area contributed by atoms with Gasteiger partial charge in [0.25, 0.3) is 0 Å². The molecule has 0 aromatic heterocycles. The Morgan fingerprint density at radius 1 is 0.882 bits per heavy atom. The molecule has 2 rings (SSSR count). The van der Waals surface area contributed by atoms with Gasteiger partial charge in [-0.25, -0.2) is 0 Å². The maximum atomic E-state index is 9.69. The highest BCUT2D eigenvalue weighted by Crippen LogP contribution is 2.40. The monoisotopic (exact) mass is 226 g/mol. The Kier molecular flexibility index (Phi) is 2.72. The van der Waals surface area contributed by atoms with Crippen LogP contribution < -0.4 is 5.46 Å². The number of phenols is 3. The molecule has 0 saturated heterocycles. The molecular weight excluding hydrogens is 215 g/mol. The van der Waals surface area contributed by atoms with Gasteiger partial charge >= 0.3 is 0 Å². The minimum absolute atomic E-state index is 0.0593. The largest absolute Gasteiger partial charge is 0.505 e. The first-order chi connectivity index (χ1) is 8.04. The lowest BCUT2D eigenvalue weighted by Crippen LogP contribution is -2.10. The zero-order valence-electron chi connectivity index (χ0n) is 9.31. The Morgan fingerprint density at radius 2 is 1.47 bits per heavy atom. The van der Waals surface area contributed by atoms with Crippen LogP contribution in [-0.2, 0) is 0 Å². The van der Waals surface area contributed by atoms with E-state index in [2.05, 4.69) is 0 Å². The normalized spacial score (nSPS) is 10.4. The van der Waals surface area contributed by atoms with E-state index in [1.807, 2.05) is 30.3 Å². The molecule has 0 aliphatic heterocycles. The third kappa shape index (κ3) is 1.71. The van der Waals surface area contributed by atoms with Crippen LogP contribution in [0.25, 0.3) is 11.1 Å². The third-order valence-corrected chi connectivity index (χ3v) is 2.77. The van der Waals surface area contributed by atoms with Gasteiger partial charge in [0.05, 0.1) is 0 Å².